The number of aliphatic carboxylic acids is 1. The van der Waals surface area contributed by atoms with E-state index in [0.29, 0.717) is 11.6 Å². The minimum absolute atomic E-state index is 0.0111. The summed E-state index contributed by atoms with van der Waals surface area (Å²) in [4.78, 5) is 52.9. The number of hydrogen-bond acceptors (Lipinski definition) is 6. The highest BCUT2D eigenvalue weighted by molar-refractivity contribution is 6.35. The number of hydrogen-bond donors (Lipinski definition) is 3. The highest BCUT2D eigenvalue weighted by Crippen LogP contribution is 2.17. The number of carboxylic acids is 1. The fraction of sp³-hybridized carbons (Fsp3) is 0.333. The van der Waals surface area contributed by atoms with Gasteiger partial charge in [-0.05, 0) is 24.6 Å². The number of benzene rings is 1. The number of carbonyl (C=O) groups excluding carboxylic acids is 3. The lowest BCUT2D eigenvalue weighted by Gasteiger charge is -2.31. The fourth-order valence-corrected chi connectivity index (χ4v) is 2.24. The molecule has 1 unspecified atom stereocenters. The molecule has 1 fully saturated rings. The molecule has 0 radical (unpaired) electrons. The van der Waals surface area contributed by atoms with Crippen molar-refractivity contribution in [3.63, 3.8) is 0 Å². The molecule has 1 saturated heterocycles. The molecular formula is C15H17N3O7. The summed E-state index contributed by atoms with van der Waals surface area (Å²) in [5.41, 5.74) is 0.195. The number of rotatable bonds is 5. The van der Waals surface area contributed by atoms with Crippen LogP contribution in [0.1, 0.15) is 18.5 Å². The van der Waals surface area contributed by atoms with Crippen LogP contribution in [0.15, 0.2) is 24.3 Å². The summed E-state index contributed by atoms with van der Waals surface area (Å²) in [5, 5.41) is 21.2. The number of aromatic hydroxyl groups is 1. The van der Waals surface area contributed by atoms with Crippen molar-refractivity contribution >= 4 is 23.9 Å². The van der Waals surface area contributed by atoms with Crippen LogP contribution in [0, 0.1) is 0 Å². The van der Waals surface area contributed by atoms with Crippen molar-refractivity contribution in [1.29, 1.82) is 0 Å². The van der Waals surface area contributed by atoms with E-state index in [4.69, 9.17) is 4.84 Å². The summed E-state index contributed by atoms with van der Waals surface area (Å²) >= 11 is 0. The van der Waals surface area contributed by atoms with Crippen molar-refractivity contribution in [3.8, 4) is 5.75 Å². The van der Waals surface area contributed by atoms with E-state index in [0.717, 1.165) is 0 Å². The predicted molar refractivity (Wildman–Crippen MR) is 82.1 cm³/mol. The second-order valence-corrected chi connectivity index (χ2v) is 5.18. The molecule has 25 heavy (non-hydrogen) atoms. The monoisotopic (exact) mass is 351 g/mol. The van der Waals surface area contributed by atoms with Gasteiger partial charge in [0.25, 0.3) is 0 Å². The molecule has 1 atom stereocenters. The molecule has 0 aliphatic carbocycles. The summed E-state index contributed by atoms with van der Waals surface area (Å²) in [6.07, 6.45) is -1.19. The predicted octanol–water partition coefficient (Wildman–Crippen LogP) is -0.150. The van der Waals surface area contributed by atoms with Gasteiger partial charge in [0.1, 0.15) is 5.75 Å². The van der Waals surface area contributed by atoms with E-state index in [2.05, 4.69) is 5.32 Å². The third-order valence-electron chi connectivity index (χ3n) is 3.58. The van der Waals surface area contributed by atoms with Crippen LogP contribution in [0.5, 0.6) is 5.75 Å². The zero-order valence-electron chi connectivity index (χ0n) is 13.3. The SMILES string of the molecule is CCN1CCN(OC(=O)NC(C(=O)O)c2ccc(O)cc2)C(=O)C1=O. The molecule has 1 aromatic carbocycles. The van der Waals surface area contributed by atoms with Gasteiger partial charge in [-0.2, -0.15) is 5.06 Å². The van der Waals surface area contributed by atoms with Crippen molar-refractivity contribution in [2.45, 2.75) is 13.0 Å². The summed E-state index contributed by atoms with van der Waals surface area (Å²) < 4.78 is 0. The zero-order valence-corrected chi connectivity index (χ0v) is 13.3. The molecule has 10 heteroatoms. The largest absolute Gasteiger partial charge is 0.508 e. The maximum absolute atomic E-state index is 11.9. The van der Waals surface area contributed by atoms with Crippen LogP contribution in [-0.4, -0.2) is 63.7 Å². The summed E-state index contributed by atoms with van der Waals surface area (Å²) in [6.45, 7) is 2.26. The maximum atomic E-state index is 11.9. The Morgan fingerprint density at radius 1 is 1.20 bits per heavy atom. The molecule has 134 valence electrons. The molecular weight excluding hydrogens is 334 g/mol. The first-order valence-electron chi connectivity index (χ1n) is 7.44. The zero-order chi connectivity index (χ0) is 18.6. The molecule has 1 heterocycles. The summed E-state index contributed by atoms with van der Waals surface area (Å²) in [5.74, 6) is -3.22. The Labute approximate surface area is 142 Å². The van der Waals surface area contributed by atoms with Crippen molar-refractivity contribution in [3.05, 3.63) is 29.8 Å². The molecule has 1 aromatic rings. The molecule has 3 N–H and O–H groups in total. The van der Waals surface area contributed by atoms with Crippen molar-refractivity contribution < 1.29 is 34.2 Å². The van der Waals surface area contributed by atoms with Crippen LogP contribution in [0.2, 0.25) is 0 Å². The third-order valence-corrected chi connectivity index (χ3v) is 3.58. The molecule has 0 saturated carbocycles. The lowest BCUT2D eigenvalue weighted by atomic mass is 10.1. The van der Waals surface area contributed by atoms with Crippen LogP contribution in [0.3, 0.4) is 0 Å². The number of piperazine rings is 1. The van der Waals surface area contributed by atoms with Crippen molar-refractivity contribution in [2.75, 3.05) is 19.6 Å². The summed E-state index contributed by atoms with van der Waals surface area (Å²) in [7, 11) is 0. The van der Waals surface area contributed by atoms with Gasteiger partial charge in [-0.15, -0.1) is 0 Å². The number of nitrogens with one attached hydrogen (secondary N) is 1. The molecule has 10 nitrogen and oxygen atoms in total. The van der Waals surface area contributed by atoms with E-state index in [9.17, 15) is 29.4 Å². The average molecular weight is 351 g/mol. The number of phenolic OH excluding ortho intramolecular Hbond substituents is 1. The highest BCUT2D eigenvalue weighted by atomic mass is 16.7. The normalized spacial score (nSPS) is 15.7. The van der Waals surface area contributed by atoms with E-state index in [1.807, 2.05) is 0 Å². The van der Waals surface area contributed by atoms with Gasteiger partial charge in [0.05, 0.1) is 6.54 Å². The minimum Gasteiger partial charge on any atom is -0.508 e. The van der Waals surface area contributed by atoms with Gasteiger partial charge < -0.3 is 25.3 Å². The van der Waals surface area contributed by atoms with Gasteiger partial charge in [0, 0.05) is 13.1 Å². The Morgan fingerprint density at radius 3 is 2.40 bits per heavy atom. The number of carboxylic acid groups (broad SMARTS) is 1. The number of amides is 3. The highest BCUT2D eigenvalue weighted by Gasteiger charge is 2.35. The van der Waals surface area contributed by atoms with Gasteiger partial charge in [0.2, 0.25) is 0 Å². The van der Waals surface area contributed by atoms with E-state index in [1.165, 1.54) is 29.2 Å². The number of phenols is 1. The van der Waals surface area contributed by atoms with Gasteiger partial charge >= 0.3 is 23.9 Å². The van der Waals surface area contributed by atoms with E-state index >= 15 is 0 Å². The molecule has 1 aliphatic heterocycles. The first kappa shape index (κ1) is 18.0. The molecule has 1 aliphatic rings. The lowest BCUT2D eigenvalue weighted by Crippen LogP contribution is -2.55. The Morgan fingerprint density at radius 2 is 1.84 bits per heavy atom. The van der Waals surface area contributed by atoms with Crippen molar-refractivity contribution in [2.24, 2.45) is 0 Å². The number of hydroxylamine groups is 2. The Balaban J connectivity index is 2.02. The molecule has 3 amide bonds. The Hall–Kier alpha value is -3.30. The van der Waals surface area contributed by atoms with Crippen LogP contribution in [0.25, 0.3) is 0 Å². The minimum atomic E-state index is -1.45. The second-order valence-electron chi connectivity index (χ2n) is 5.18. The topological polar surface area (TPSA) is 136 Å². The molecule has 0 aromatic heterocycles. The fourth-order valence-electron chi connectivity index (χ4n) is 2.24. The van der Waals surface area contributed by atoms with Crippen LogP contribution < -0.4 is 5.32 Å². The number of carbonyl (C=O) groups is 4. The number of nitrogens with zero attached hydrogens (tertiary/aromatic N) is 2. The van der Waals surface area contributed by atoms with E-state index < -0.39 is 29.9 Å². The average Bonchev–Trinajstić information content (AvgIpc) is 2.58. The maximum Gasteiger partial charge on any atom is 0.432 e. The standard InChI is InChI=1S/C15H17N3O7/c1-2-17-7-8-18(13(21)12(17)20)25-15(24)16-11(14(22)23)9-3-5-10(19)6-4-9/h3-6,11,19H,2,7-8H2,1H3,(H,16,24)(H,22,23). The smallest absolute Gasteiger partial charge is 0.432 e. The van der Waals surface area contributed by atoms with Crippen LogP contribution >= 0.6 is 0 Å². The van der Waals surface area contributed by atoms with Gasteiger partial charge in [-0.25, -0.2) is 9.59 Å². The third kappa shape index (κ3) is 4.16. The first-order chi connectivity index (χ1) is 11.8. The van der Waals surface area contributed by atoms with Crippen molar-refractivity contribution in [1.82, 2.24) is 15.3 Å². The molecule has 2 rings (SSSR count). The van der Waals surface area contributed by atoms with Gasteiger partial charge in [-0.3, -0.25) is 9.59 Å². The lowest BCUT2D eigenvalue weighted by molar-refractivity contribution is -0.182. The Bertz CT molecular complexity index is 689. The van der Waals surface area contributed by atoms with Gasteiger partial charge in [0.15, 0.2) is 6.04 Å². The van der Waals surface area contributed by atoms with Crippen LogP contribution in [-0.2, 0) is 19.2 Å². The first-order valence-corrected chi connectivity index (χ1v) is 7.44. The van der Waals surface area contributed by atoms with E-state index in [1.54, 1.807) is 6.92 Å². The van der Waals surface area contributed by atoms with Crippen LogP contribution in [0.4, 0.5) is 4.79 Å². The van der Waals surface area contributed by atoms with Gasteiger partial charge in [-0.1, -0.05) is 12.1 Å². The summed E-state index contributed by atoms with van der Waals surface area (Å²) in [6, 6.07) is 3.73. The van der Waals surface area contributed by atoms with E-state index in [-0.39, 0.29) is 24.4 Å². The number of likely N-dealkylation sites (N-methyl/N-ethyl adjacent to an activating group) is 1. The second kappa shape index (κ2) is 7.51. The molecule has 0 spiro atoms. The molecule has 0 bridgehead atoms. The quantitative estimate of drug-likeness (QED) is 0.627. The Kier molecular flexibility index (Phi) is 5.42.